The molecule has 2 unspecified atom stereocenters. The summed E-state index contributed by atoms with van der Waals surface area (Å²) in [5.74, 6) is -7.40. The average molecular weight is 923 g/mol. The maximum absolute atomic E-state index is 11.0. The molecule has 2 fully saturated rings. The quantitative estimate of drug-likeness (QED) is 0.136. The fourth-order valence-electron chi connectivity index (χ4n) is 6.26. The third-order valence-electron chi connectivity index (χ3n) is 9.63. The largest absolute Gasteiger partial charge is 2.00 e. The van der Waals surface area contributed by atoms with E-state index >= 15 is 0 Å². The van der Waals surface area contributed by atoms with Crippen LogP contribution < -0.4 is 30.6 Å². The first-order chi connectivity index (χ1) is 26.4. The van der Waals surface area contributed by atoms with E-state index in [9.17, 15) is 69.6 Å². The molecule has 0 aromatic rings. The van der Waals surface area contributed by atoms with Crippen molar-refractivity contribution < 1.29 is 69.6 Å². The summed E-state index contributed by atoms with van der Waals surface area (Å²) in [6, 6.07) is -0.348. The van der Waals surface area contributed by atoms with E-state index in [1.54, 1.807) is 29.4 Å². The summed E-state index contributed by atoms with van der Waals surface area (Å²) in [4.78, 5) is 79.9. The summed E-state index contributed by atoms with van der Waals surface area (Å²) in [5, 5.41) is 85.0. The van der Waals surface area contributed by atoms with Crippen LogP contribution in [-0.4, -0.2) is 368 Å². The number of rotatable bonds is 16. The van der Waals surface area contributed by atoms with Crippen molar-refractivity contribution in [2.75, 3.05) is 157 Å². The van der Waals surface area contributed by atoms with Gasteiger partial charge in [0.1, 0.15) is 0 Å². The smallest absolute Gasteiger partial charge is 0.549 e. The van der Waals surface area contributed by atoms with Crippen LogP contribution in [0.2, 0.25) is 0 Å². The minimum absolute atomic E-state index is 0. The fourth-order valence-corrected chi connectivity index (χ4v) is 6.26. The van der Waals surface area contributed by atoms with Crippen molar-refractivity contribution in [2.45, 2.75) is 25.9 Å². The molecule has 0 aromatic carbocycles. The SMILES string of the molecule is CC(CO)N1CCN(CC(=O)[O-])CCN(CC(=O)[O-])CCN(CC(=O)[O-])CC1.CC(CO)N1CCN(CC(=O)[O-])CCN(CC(=O)[O-])CCN(CC(=O)[O-])CC1.[Ca+2].[Ca+2].[Ca+2]. The number of carboxylic acid groups (broad SMARTS) is 6. The number of carbonyl (C=O) groups is 6. The molecule has 2 atom stereocenters. The number of hydrogen-bond donors (Lipinski definition) is 2. The summed E-state index contributed by atoms with van der Waals surface area (Å²) in [6.07, 6.45) is 0. The molecule has 324 valence electrons. The van der Waals surface area contributed by atoms with Crippen LogP contribution in [0.4, 0.5) is 0 Å². The first kappa shape index (κ1) is 63.5. The van der Waals surface area contributed by atoms with Crippen LogP contribution in [-0.2, 0) is 28.8 Å². The van der Waals surface area contributed by atoms with E-state index < -0.39 is 35.8 Å². The van der Waals surface area contributed by atoms with E-state index in [4.69, 9.17) is 0 Å². The summed E-state index contributed by atoms with van der Waals surface area (Å²) in [5.41, 5.74) is 0. The molecule has 0 saturated carbocycles. The van der Waals surface area contributed by atoms with Gasteiger partial charge in [-0.2, -0.15) is 0 Å². The molecular formula is C34H58Ca3N8O14. The molecule has 0 bridgehead atoms. The van der Waals surface area contributed by atoms with E-state index in [0.29, 0.717) is 78.5 Å². The summed E-state index contributed by atoms with van der Waals surface area (Å²) >= 11 is 0. The molecule has 0 amide bonds. The van der Waals surface area contributed by atoms with Crippen LogP contribution in [0.1, 0.15) is 13.8 Å². The van der Waals surface area contributed by atoms with E-state index in [1.165, 1.54) is 0 Å². The molecule has 0 aliphatic carbocycles. The van der Waals surface area contributed by atoms with Gasteiger partial charge in [0.05, 0.1) is 49.0 Å². The van der Waals surface area contributed by atoms with Gasteiger partial charge in [-0.15, -0.1) is 0 Å². The van der Waals surface area contributed by atoms with Gasteiger partial charge in [0, 0.05) is 156 Å². The van der Waals surface area contributed by atoms with Crippen LogP contribution in [0.15, 0.2) is 0 Å². The third kappa shape index (κ3) is 31.7. The van der Waals surface area contributed by atoms with Crippen LogP contribution in [0.5, 0.6) is 0 Å². The van der Waals surface area contributed by atoms with Gasteiger partial charge in [-0.3, -0.25) is 39.2 Å². The van der Waals surface area contributed by atoms with Crippen LogP contribution in [0.25, 0.3) is 0 Å². The maximum Gasteiger partial charge on any atom is 2.00 e. The molecule has 2 saturated heterocycles. The molecule has 2 aliphatic heterocycles. The molecule has 25 heteroatoms. The van der Waals surface area contributed by atoms with Gasteiger partial charge in [-0.05, 0) is 13.8 Å². The van der Waals surface area contributed by atoms with Crippen LogP contribution >= 0.6 is 0 Å². The fraction of sp³-hybridized carbons (Fsp3) is 0.824. The Bertz CT molecular complexity index is 1080. The second-order valence-corrected chi connectivity index (χ2v) is 14.0. The van der Waals surface area contributed by atoms with E-state index in [1.807, 2.05) is 23.6 Å². The molecule has 2 heterocycles. The topological polar surface area (TPSA) is 307 Å². The Morgan fingerprint density at radius 1 is 0.356 bits per heavy atom. The number of aliphatic hydroxyl groups is 2. The van der Waals surface area contributed by atoms with Crippen molar-refractivity contribution in [3.63, 3.8) is 0 Å². The number of aliphatic hydroxyl groups excluding tert-OH is 2. The van der Waals surface area contributed by atoms with Gasteiger partial charge in [-0.1, -0.05) is 0 Å². The Hall–Kier alpha value is 0.199. The van der Waals surface area contributed by atoms with Gasteiger partial charge in [0.15, 0.2) is 0 Å². The second kappa shape index (κ2) is 36.5. The zero-order valence-electron chi connectivity index (χ0n) is 34.6. The molecule has 22 nitrogen and oxygen atoms in total. The Labute approximate surface area is 436 Å². The number of carboxylic acids is 6. The summed E-state index contributed by atoms with van der Waals surface area (Å²) in [7, 11) is 0. The number of carbonyl (C=O) groups excluding carboxylic acids is 6. The van der Waals surface area contributed by atoms with Gasteiger partial charge in [-0.25, -0.2) is 0 Å². The second-order valence-electron chi connectivity index (χ2n) is 14.0. The van der Waals surface area contributed by atoms with E-state index in [0.717, 1.165) is 0 Å². The molecular weight excluding hydrogens is 865 g/mol. The Morgan fingerprint density at radius 2 is 0.492 bits per heavy atom. The minimum Gasteiger partial charge on any atom is -0.549 e. The molecule has 0 aromatic heterocycles. The maximum atomic E-state index is 11.0. The molecule has 2 rings (SSSR count). The molecule has 59 heavy (non-hydrogen) atoms. The predicted octanol–water partition coefficient (Wildman–Crippen LogP) is -13.5. The summed E-state index contributed by atoms with van der Waals surface area (Å²) < 4.78 is 0. The van der Waals surface area contributed by atoms with Gasteiger partial charge < -0.3 is 69.6 Å². The molecule has 0 spiro atoms. The van der Waals surface area contributed by atoms with E-state index in [-0.39, 0.29) is 204 Å². The predicted molar refractivity (Wildman–Crippen MR) is 202 cm³/mol. The van der Waals surface area contributed by atoms with Gasteiger partial charge >= 0.3 is 113 Å². The van der Waals surface area contributed by atoms with Crippen molar-refractivity contribution in [3.8, 4) is 0 Å². The number of nitrogens with zero attached hydrogens (tertiary/aromatic N) is 8. The zero-order chi connectivity index (χ0) is 42.2. The zero-order valence-corrected chi connectivity index (χ0v) is 41.2. The minimum atomic E-state index is -1.26. The molecule has 2 aliphatic rings. The van der Waals surface area contributed by atoms with Crippen molar-refractivity contribution in [1.82, 2.24) is 39.2 Å². The van der Waals surface area contributed by atoms with E-state index in [2.05, 4.69) is 0 Å². The Balaban J connectivity index is -0.00000101. The van der Waals surface area contributed by atoms with Crippen molar-refractivity contribution >= 4 is 149 Å². The van der Waals surface area contributed by atoms with Crippen LogP contribution in [0.3, 0.4) is 0 Å². The first-order valence-electron chi connectivity index (χ1n) is 18.6. The van der Waals surface area contributed by atoms with Crippen molar-refractivity contribution in [1.29, 1.82) is 0 Å². The molecule has 2 N–H and O–H groups in total. The first-order valence-corrected chi connectivity index (χ1v) is 18.6. The average Bonchev–Trinajstić information content (AvgIpc) is 3.10. The van der Waals surface area contributed by atoms with Crippen LogP contribution in [0, 0.1) is 0 Å². The Morgan fingerprint density at radius 3 is 0.610 bits per heavy atom. The molecule has 0 radical (unpaired) electrons. The normalized spacial score (nSPS) is 19.7. The van der Waals surface area contributed by atoms with Crippen molar-refractivity contribution in [3.05, 3.63) is 0 Å². The summed E-state index contributed by atoms with van der Waals surface area (Å²) in [6.45, 7) is 7.52. The third-order valence-corrected chi connectivity index (χ3v) is 9.63. The van der Waals surface area contributed by atoms with Gasteiger partial charge in [0.25, 0.3) is 0 Å². The monoisotopic (exact) mass is 922 g/mol. The van der Waals surface area contributed by atoms with Crippen molar-refractivity contribution in [2.24, 2.45) is 0 Å². The number of hydrogen-bond acceptors (Lipinski definition) is 22. The number of aliphatic carboxylic acids is 6. The van der Waals surface area contributed by atoms with Gasteiger partial charge in [0.2, 0.25) is 0 Å². The Kier molecular flexibility index (Phi) is 39.3. The standard InChI is InChI=1S/2C17H32N4O7.3Ca/c2*1-14(13-22)21-8-6-19(11-16(25)26)4-2-18(10-15(23)24)3-5-20(7-9-21)12-17(27)28;;;/h2*14,22H,2-13H2,1H3,(H,23,24)(H,25,26)(H,27,28);;;/q;;3*+2/p-6.